The first-order valence-electron chi connectivity index (χ1n) is 9.04. The van der Waals surface area contributed by atoms with Gasteiger partial charge >= 0.3 is 0 Å². The molecule has 3 heterocycles. The van der Waals surface area contributed by atoms with Crippen LogP contribution < -0.4 is 10.6 Å². The summed E-state index contributed by atoms with van der Waals surface area (Å²) in [5, 5.41) is 10.4. The number of hydrogen-bond donors (Lipinski definition) is 2. The number of halogens is 4. The van der Waals surface area contributed by atoms with Crippen molar-refractivity contribution >= 4 is 30.7 Å². The first-order valence-corrected chi connectivity index (χ1v) is 9.04. The number of pyridine rings is 1. The number of hydrogen-bond acceptors (Lipinski definition) is 4. The van der Waals surface area contributed by atoms with Gasteiger partial charge < -0.3 is 10.6 Å². The highest BCUT2D eigenvalue weighted by Gasteiger charge is 2.29. The molecule has 2 atom stereocenters. The van der Waals surface area contributed by atoms with Crippen molar-refractivity contribution in [3.63, 3.8) is 0 Å². The van der Waals surface area contributed by atoms with Crippen LogP contribution in [0.2, 0.25) is 0 Å². The van der Waals surface area contributed by atoms with Crippen LogP contribution in [0.15, 0.2) is 55.0 Å². The van der Waals surface area contributed by atoms with Gasteiger partial charge in [0.15, 0.2) is 11.6 Å². The van der Waals surface area contributed by atoms with Crippen LogP contribution in [0.5, 0.6) is 0 Å². The lowest BCUT2D eigenvalue weighted by molar-refractivity contribution is 0.0919. The van der Waals surface area contributed by atoms with Crippen molar-refractivity contribution in [3.8, 4) is 5.69 Å². The van der Waals surface area contributed by atoms with Crippen LogP contribution in [0.25, 0.3) is 5.69 Å². The Kier molecular flexibility index (Phi) is 8.28. The fraction of sp³-hybridized carbons (Fsp3) is 0.250. The maximum atomic E-state index is 13.7. The van der Waals surface area contributed by atoms with Gasteiger partial charge in [0.05, 0.1) is 5.69 Å². The number of carbonyl (C=O) groups excluding carboxylic acids is 1. The lowest BCUT2D eigenvalue weighted by Crippen LogP contribution is -2.50. The summed E-state index contributed by atoms with van der Waals surface area (Å²) in [4.78, 5) is 16.9. The lowest BCUT2D eigenvalue weighted by atomic mass is 9.86. The number of carbonyl (C=O) groups is 1. The molecule has 6 nitrogen and oxygen atoms in total. The summed E-state index contributed by atoms with van der Waals surface area (Å²) in [6, 6.07) is 8.86. The number of benzene rings is 1. The van der Waals surface area contributed by atoms with Crippen LogP contribution in [0.4, 0.5) is 8.78 Å². The highest BCUT2D eigenvalue weighted by molar-refractivity contribution is 5.93. The Labute approximate surface area is 184 Å². The average Bonchev–Trinajstić information content (AvgIpc) is 3.26. The summed E-state index contributed by atoms with van der Waals surface area (Å²) >= 11 is 0. The summed E-state index contributed by atoms with van der Waals surface area (Å²) < 4.78 is 28.6. The molecule has 1 fully saturated rings. The zero-order valence-electron chi connectivity index (χ0n) is 15.8. The molecule has 0 bridgehead atoms. The number of aromatic nitrogens is 3. The second-order valence-corrected chi connectivity index (χ2v) is 6.70. The number of nitrogens with one attached hydrogen (secondary N) is 2. The third-order valence-corrected chi connectivity index (χ3v) is 4.92. The van der Waals surface area contributed by atoms with E-state index in [1.54, 1.807) is 47.5 Å². The summed E-state index contributed by atoms with van der Waals surface area (Å²) in [6.07, 6.45) is 5.69. The van der Waals surface area contributed by atoms with Gasteiger partial charge in [0.2, 0.25) is 0 Å². The molecule has 1 aliphatic rings. The third-order valence-electron chi connectivity index (χ3n) is 4.92. The van der Waals surface area contributed by atoms with Gasteiger partial charge in [-0.25, -0.2) is 13.5 Å². The molecule has 0 saturated carbocycles. The Bertz CT molecular complexity index is 987. The van der Waals surface area contributed by atoms with Crippen LogP contribution >= 0.6 is 24.8 Å². The fourth-order valence-corrected chi connectivity index (χ4v) is 3.50. The van der Waals surface area contributed by atoms with Crippen molar-refractivity contribution in [1.82, 2.24) is 25.4 Å². The summed E-state index contributed by atoms with van der Waals surface area (Å²) in [5.41, 5.74) is 1.66. The van der Waals surface area contributed by atoms with Crippen molar-refractivity contribution in [3.05, 3.63) is 77.9 Å². The Hall–Kier alpha value is -2.55. The minimum atomic E-state index is -0.880. The predicted octanol–water partition coefficient (Wildman–Crippen LogP) is 3.26. The summed E-state index contributed by atoms with van der Waals surface area (Å²) in [6.45, 7) is 1.28. The molecular weight excluding hydrogens is 435 g/mol. The number of nitrogens with zero attached hydrogens (tertiary/aromatic N) is 3. The first-order chi connectivity index (χ1) is 13.6. The van der Waals surface area contributed by atoms with Crippen molar-refractivity contribution in [2.24, 2.45) is 0 Å². The monoisotopic (exact) mass is 455 g/mol. The van der Waals surface area contributed by atoms with E-state index in [4.69, 9.17) is 0 Å². The standard InChI is InChI=1S/C20H19F2N5O.2ClH/c21-16-3-2-13(10-17(16)22)15-5-7-23-12-19(15)26-20(28)18-11-14(4-8-24-18)27-9-1-6-25-27;;/h1-4,6,8-11,15,19,23H,5,7,12H2,(H,26,28);2*1H. The quantitative estimate of drug-likeness (QED) is 0.633. The molecule has 0 spiro atoms. The minimum absolute atomic E-state index is 0. The smallest absolute Gasteiger partial charge is 0.270 e. The van der Waals surface area contributed by atoms with E-state index in [9.17, 15) is 13.6 Å². The zero-order valence-corrected chi connectivity index (χ0v) is 17.4. The highest BCUT2D eigenvalue weighted by atomic mass is 35.5. The third kappa shape index (κ3) is 5.13. The van der Waals surface area contributed by atoms with E-state index in [1.165, 1.54) is 6.07 Å². The van der Waals surface area contributed by atoms with Crippen LogP contribution in [0, 0.1) is 11.6 Å². The Morgan fingerprint density at radius 2 is 1.97 bits per heavy atom. The largest absolute Gasteiger partial charge is 0.346 e. The van der Waals surface area contributed by atoms with Gasteiger partial charge in [0.25, 0.3) is 5.91 Å². The predicted molar refractivity (Wildman–Crippen MR) is 114 cm³/mol. The molecule has 2 N–H and O–H groups in total. The second kappa shape index (κ2) is 10.5. The molecule has 1 aliphatic heterocycles. The fourth-order valence-electron chi connectivity index (χ4n) is 3.50. The summed E-state index contributed by atoms with van der Waals surface area (Å²) in [5.74, 6) is -2.20. The molecule has 0 aliphatic carbocycles. The lowest BCUT2D eigenvalue weighted by Gasteiger charge is -2.33. The molecule has 160 valence electrons. The van der Waals surface area contributed by atoms with E-state index in [0.717, 1.165) is 18.3 Å². The molecule has 10 heteroatoms. The average molecular weight is 456 g/mol. The van der Waals surface area contributed by atoms with Gasteiger partial charge in [-0.2, -0.15) is 5.10 Å². The Morgan fingerprint density at radius 1 is 1.13 bits per heavy atom. The molecule has 30 heavy (non-hydrogen) atoms. The second-order valence-electron chi connectivity index (χ2n) is 6.70. The first kappa shape index (κ1) is 23.7. The van der Waals surface area contributed by atoms with Crippen molar-refractivity contribution in [1.29, 1.82) is 0 Å². The van der Waals surface area contributed by atoms with Crippen LogP contribution in [0.1, 0.15) is 28.4 Å². The number of amides is 1. The zero-order chi connectivity index (χ0) is 19.5. The molecule has 1 amide bonds. The molecule has 2 aromatic heterocycles. The van der Waals surface area contributed by atoms with Crippen LogP contribution in [-0.4, -0.2) is 39.8 Å². The topological polar surface area (TPSA) is 71.8 Å². The van der Waals surface area contributed by atoms with E-state index in [2.05, 4.69) is 20.7 Å². The normalized spacial score (nSPS) is 18.1. The number of rotatable bonds is 4. The Morgan fingerprint density at radius 3 is 2.70 bits per heavy atom. The van der Waals surface area contributed by atoms with E-state index in [-0.39, 0.29) is 48.4 Å². The molecule has 3 aromatic rings. The van der Waals surface area contributed by atoms with E-state index < -0.39 is 11.6 Å². The van der Waals surface area contributed by atoms with Gasteiger partial charge in [-0.1, -0.05) is 6.07 Å². The molecule has 1 aromatic carbocycles. The number of piperidine rings is 1. The minimum Gasteiger partial charge on any atom is -0.346 e. The summed E-state index contributed by atoms with van der Waals surface area (Å²) in [7, 11) is 0. The van der Waals surface area contributed by atoms with E-state index in [0.29, 0.717) is 18.5 Å². The van der Waals surface area contributed by atoms with Gasteiger partial charge in [-0.05, 0) is 48.9 Å². The SMILES string of the molecule is Cl.Cl.O=C(NC1CNCCC1c1ccc(F)c(F)c1)c1cc(-n2cccn2)ccn1. The van der Waals surface area contributed by atoms with Crippen LogP contribution in [-0.2, 0) is 0 Å². The Balaban J connectivity index is 0.00000160. The van der Waals surface area contributed by atoms with Gasteiger partial charge in [0.1, 0.15) is 5.69 Å². The van der Waals surface area contributed by atoms with Gasteiger partial charge in [0, 0.05) is 37.1 Å². The maximum Gasteiger partial charge on any atom is 0.270 e. The van der Waals surface area contributed by atoms with Crippen LogP contribution in [0.3, 0.4) is 0 Å². The maximum absolute atomic E-state index is 13.7. The van der Waals surface area contributed by atoms with Crippen molar-refractivity contribution in [2.75, 3.05) is 13.1 Å². The molecule has 0 radical (unpaired) electrons. The highest BCUT2D eigenvalue weighted by Crippen LogP contribution is 2.27. The van der Waals surface area contributed by atoms with Crippen molar-refractivity contribution < 1.29 is 13.6 Å². The molecule has 2 unspecified atom stereocenters. The van der Waals surface area contributed by atoms with E-state index in [1.807, 2.05) is 0 Å². The van der Waals surface area contributed by atoms with E-state index >= 15 is 0 Å². The van der Waals surface area contributed by atoms with Crippen molar-refractivity contribution in [2.45, 2.75) is 18.4 Å². The molecule has 1 saturated heterocycles. The van der Waals surface area contributed by atoms with Gasteiger partial charge in [-0.3, -0.25) is 9.78 Å². The molecular formula is C20H21Cl2F2N5O. The van der Waals surface area contributed by atoms with Gasteiger partial charge in [-0.15, -0.1) is 24.8 Å². The molecule has 4 rings (SSSR count).